The summed E-state index contributed by atoms with van der Waals surface area (Å²) in [5.74, 6) is 2.74. The second kappa shape index (κ2) is 15.6. The minimum absolute atomic E-state index is 0.208. The summed E-state index contributed by atoms with van der Waals surface area (Å²) in [5, 5.41) is 14.5. The molecule has 3 fully saturated rings. The van der Waals surface area contributed by atoms with E-state index in [1.165, 1.54) is 54.4 Å². The van der Waals surface area contributed by atoms with Crippen LogP contribution < -0.4 is 5.32 Å². The van der Waals surface area contributed by atoms with Crippen molar-refractivity contribution in [3.05, 3.63) is 69.3 Å². The van der Waals surface area contributed by atoms with E-state index in [4.69, 9.17) is 11.6 Å². The number of aliphatic carboxylic acids is 1. The van der Waals surface area contributed by atoms with Crippen LogP contribution in [-0.2, 0) is 16.1 Å². The van der Waals surface area contributed by atoms with Crippen LogP contribution >= 0.6 is 11.6 Å². The van der Waals surface area contributed by atoms with Gasteiger partial charge in [0.25, 0.3) is 0 Å². The SMILES string of the molecule is CC(C)C1=C2C3CCC4C5(C)CC=C(C6=CCC(C(=O)O)CC6)C(C)C5CCC4(C)C3CCC2(NCCN(CCN(C)C)Cc2ccc(Cl)cc2)CC1=O. The zero-order chi connectivity index (χ0) is 38.6. The molecule has 6 aliphatic rings. The molecule has 0 aromatic heterocycles. The van der Waals surface area contributed by atoms with Gasteiger partial charge in [-0.1, -0.05) is 70.5 Å². The Morgan fingerprint density at radius 2 is 1.70 bits per heavy atom. The van der Waals surface area contributed by atoms with E-state index in [1.807, 2.05) is 12.1 Å². The number of nitrogens with one attached hydrogen (secondary N) is 1. The number of carboxylic acid groups (broad SMARTS) is 1. The van der Waals surface area contributed by atoms with Gasteiger partial charge in [-0.15, -0.1) is 0 Å². The highest BCUT2D eigenvalue weighted by molar-refractivity contribution is 6.30. The number of benzene rings is 1. The molecule has 2 N–H and O–H groups in total. The molecule has 296 valence electrons. The van der Waals surface area contributed by atoms with E-state index in [0.29, 0.717) is 48.2 Å². The van der Waals surface area contributed by atoms with E-state index in [9.17, 15) is 14.7 Å². The Hall–Kier alpha value is -2.25. The molecular weight excluding hydrogens is 690 g/mol. The molecule has 7 heteroatoms. The van der Waals surface area contributed by atoms with Gasteiger partial charge in [0.05, 0.1) is 5.92 Å². The lowest BCUT2D eigenvalue weighted by atomic mass is 9.38. The number of fused-ring (bicyclic) bond motifs is 7. The predicted molar refractivity (Wildman–Crippen MR) is 220 cm³/mol. The van der Waals surface area contributed by atoms with Crippen LogP contribution in [0, 0.1) is 52.3 Å². The maximum absolute atomic E-state index is 14.1. The van der Waals surface area contributed by atoms with E-state index in [0.717, 1.165) is 69.0 Å². The fraction of sp³-hybridized carbons (Fsp3) is 0.702. The summed E-state index contributed by atoms with van der Waals surface area (Å²) >= 11 is 6.22. The van der Waals surface area contributed by atoms with Crippen molar-refractivity contribution >= 4 is 23.4 Å². The van der Waals surface area contributed by atoms with Crippen LogP contribution in [0.5, 0.6) is 0 Å². The molecule has 6 aliphatic carbocycles. The lowest BCUT2D eigenvalue weighted by molar-refractivity contribution is -0.145. The minimum Gasteiger partial charge on any atom is -0.481 e. The van der Waals surface area contributed by atoms with E-state index in [2.05, 4.69) is 88.1 Å². The number of nitrogens with zero attached hydrogens (tertiary/aromatic N) is 2. The Bertz CT molecular complexity index is 1680. The molecule has 0 saturated heterocycles. The van der Waals surface area contributed by atoms with Crippen LogP contribution in [-0.4, -0.2) is 72.5 Å². The van der Waals surface area contributed by atoms with E-state index in [1.54, 1.807) is 0 Å². The first kappa shape index (κ1) is 40.0. The summed E-state index contributed by atoms with van der Waals surface area (Å²) in [5.41, 5.74) is 7.25. The molecule has 6 nitrogen and oxygen atoms in total. The molecule has 54 heavy (non-hydrogen) atoms. The fourth-order valence-corrected chi connectivity index (χ4v) is 13.5. The van der Waals surface area contributed by atoms with Crippen LogP contribution in [0.25, 0.3) is 0 Å². The quantitative estimate of drug-likeness (QED) is 0.221. The second-order valence-corrected chi connectivity index (χ2v) is 20.0. The molecule has 0 aliphatic heterocycles. The van der Waals surface area contributed by atoms with Crippen molar-refractivity contribution < 1.29 is 14.7 Å². The number of Topliss-reactive ketones (excluding diaryl/α,β-unsaturated/α-hetero) is 1. The maximum Gasteiger partial charge on any atom is 0.306 e. The molecule has 1 aromatic rings. The first-order valence-corrected chi connectivity index (χ1v) is 21.8. The number of rotatable bonds is 12. The third-order valence-corrected chi connectivity index (χ3v) is 16.2. The average Bonchev–Trinajstić information content (AvgIpc) is 3.43. The number of ketones is 1. The first-order chi connectivity index (χ1) is 25.7. The Balaban J connectivity index is 1.10. The minimum atomic E-state index is -0.646. The summed E-state index contributed by atoms with van der Waals surface area (Å²) in [7, 11) is 4.29. The van der Waals surface area contributed by atoms with Crippen molar-refractivity contribution in [2.24, 2.45) is 52.3 Å². The lowest BCUT2D eigenvalue weighted by Gasteiger charge is -2.66. The topological polar surface area (TPSA) is 72.9 Å². The molecule has 3 saturated carbocycles. The van der Waals surface area contributed by atoms with Crippen molar-refractivity contribution in [2.45, 2.75) is 117 Å². The molecule has 9 atom stereocenters. The number of hydrogen-bond donors (Lipinski definition) is 2. The zero-order valence-electron chi connectivity index (χ0n) is 34.4. The van der Waals surface area contributed by atoms with Crippen molar-refractivity contribution in [2.75, 3.05) is 40.3 Å². The number of carboxylic acids is 1. The van der Waals surface area contributed by atoms with Crippen molar-refractivity contribution in [3.63, 3.8) is 0 Å². The first-order valence-electron chi connectivity index (χ1n) is 21.4. The van der Waals surface area contributed by atoms with Gasteiger partial charge in [-0.25, -0.2) is 0 Å². The molecular formula is C47H68ClN3O3. The smallest absolute Gasteiger partial charge is 0.306 e. The van der Waals surface area contributed by atoms with Gasteiger partial charge >= 0.3 is 5.97 Å². The molecule has 9 unspecified atom stereocenters. The van der Waals surface area contributed by atoms with Crippen molar-refractivity contribution in [1.29, 1.82) is 0 Å². The van der Waals surface area contributed by atoms with Gasteiger partial charge in [-0.3, -0.25) is 14.5 Å². The van der Waals surface area contributed by atoms with Gasteiger partial charge < -0.3 is 15.3 Å². The number of carbonyl (C=O) groups is 2. The number of allylic oxidation sites excluding steroid dienone is 5. The highest BCUT2D eigenvalue weighted by Crippen LogP contribution is 2.70. The summed E-state index contributed by atoms with van der Waals surface area (Å²) < 4.78 is 0. The lowest BCUT2D eigenvalue weighted by Crippen LogP contribution is -2.61. The van der Waals surface area contributed by atoms with Gasteiger partial charge in [-0.05, 0) is 165 Å². The van der Waals surface area contributed by atoms with Gasteiger partial charge in [-0.2, -0.15) is 0 Å². The Morgan fingerprint density at radius 3 is 2.37 bits per heavy atom. The van der Waals surface area contributed by atoms with Crippen LogP contribution in [0.1, 0.15) is 111 Å². The van der Waals surface area contributed by atoms with Gasteiger partial charge in [0, 0.05) is 49.7 Å². The molecule has 7 rings (SSSR count). The number of halogens is 1. The summed E-state index contributed by atoms with van der Waals surface area (Å²) in [6.45, 7) is 17.0. The van der Waals surface area contributed by atoms with Crippen LogP contribution in [0.4, 0.5) is 0 Å². The Kier molecular flexibility index (Phi) is 11.5. The number of carbonyl (C=O) groups excluding carboxylic acids is 1. The summed E-state index contributed by atoms with van der Waals surface area (Å²) in [6, 6.07) is 8.27. The second-order valence-electron chi connectivity index (χ2n) is 19.5. The highest BCUT2D eigenvalue weighted by atomic mass is 35.5. The summed E-state index contributed by atoms with van der Waals surface area (Å²) in [4.78, 5) is 30.5. The average molecular weight is 759 g/mol. The molecule has 0 radical (unpaired) electrons. The normalized spacial score (nSPS) is 36.5. The molecule has 0 heterocycles. The van der Waals surface area contributed by atoms with Gasteiger partial charge in [0.15, 0.2) is 5.78 Å². The van der Waals surface area contributed by atoms with Crippen LogP contribution in [0.2, 0.25) is 5.02 Å². The fourth-order valence-electron chi connectivity index (χ4n) is 13.4. The predicted octanol–water partition coefficient (Wildman–Crippen LogP) is 9.59. The third kappa shape index (κ3) is 7.24. The van der Waals surface area contributed by atoms with E-state index in [-0.39, 0.29) is 28.2 Å². The number of hydrogen-bond acceptors (Lipinski definition) is 5. The number of likely N-dealkylation sites (N-methyl/N-ethyl adjacent to an activating group) is 1. The molecule has 0 amide bonds. The molecule has 0 spiro atoms. The van der Waals surface area contributed by atoms with Gasteiger partial charge in [0.1, 0.15) is 0 Å². The van der Waals surface area contributed by atoms with Gasteiger partial charge in [0.2, 0.25) is 0 Å². The Morgan fingerprint density at radius 1 is 0.963 bits per heavy atom. The van der Waals surface area contributed by atoms with Crippen molar-refractivity contribution in [3.8, 4) is 0 Å². The zero-order valence-corrected chi connectivity index (χ0v) is 35.1. The van der Waals surface area contributed by atoms with E-state index < -0.39 is 5.97 Å². The third-order valence-electron chi connectivity index (χ3n) is 16.0. The monoisotopic (exact) mass is 757 g/mol. The largest absolute Gasteiger partial charge is 0.481 e. The molecule has 0 bridgehead atoms. The van der Waals surface area contributed by atoms with E-state index >= 15 is 0 Å². The van der Waals surface area contributed by atoms with Crippen molar-refractivity contribution in [1.82, 2.24) is 15.1 Å². The molecule has 1 aromatic carbocycles. The van der Waals surface area contributed by atoms with Crippen LogP contribution in [0.3, 0.4) is 0 Å². The highest BCUT2D eigenvalue weighted by Gasteiger charge is 2.64. The standard InChI is InChI=1S/C47H68ClN3O3/c1-30(2)42-40(52)28-47(49-24-25-51(27-26-50(6)7)29-32-8-14-35(48)15-9-32)23-20-39-37(43(42)47)16-17-41-45(4)21-18-36(31(3)38(45)19-22-46(39,41)5)33-10-12-34(13-11-33)44(53)54/h8-10,14-15,18,30-31,34,37-39,41,49H,11-13,16-17,19-29H2,1-7H3,(H,53,54). The Labute approximate surface area is 331 Å². The van der Waals surface area contributed by atoms with Crippen LogP contribution in [0.15, 0.2) is 58.7 Å². The maximum atomic E-state index is 14.1. The summed E-state index contributed by atoms with van der Waals surface area (Å²) in [6.07, 6.45) is 16.2.